The fourth-order valence-corrected chi connectivity index (χ4v) is 3.69. The van der Waals surface area contributed by atoms with Gasteiger partial charge in [-0.05, 0) is 51.9 Å². The Labute approximate surface area is 164 Å². The number of ether oxygens (including phenoxy) is 2. The summed E-state index contributed by atoms with van der Waals surface area (Å²) in [6.07, 6.45) is 8.55. The highest BCUT2D eigenvalue weighted by atomic mass is 16.6. The summed E-state index contributed by atoms with van der Waals surface area (Å²) in [4.78, 5) is 14.7. The molecule has 1 aromatic rings. The summed E-state index contributed by atoms with van der Waals surface area (Å²) >= 11 is 0. The van der Waals surface area contributed by atoms with Crippen LogP contribution in [0.3, 0.4) is 0 Å². The van der Waals surface area contributed by atoms with E-state index >= 15 is 0 Å². The van der Waals surface area contributed by atoms with Gasteiger partial charge in [-0.3, -0.25) is 5.32 Å². The number of para-hydroxylation sites is 2. The number of hydrogen-bond donors (Lipinski definition) is 1. The van der Waals surface area contributed by atoms with Crippen LogP contribution >= 0.6 is 0 Å². The molecular weight excluding hydrogens is 340 g/mol. The second-order valence-corrected chi connectivity index (χ2v) is 7.78. The number of unbranched alkanes of at least 4 members (excludes halogenated alkanes) is 2. The molecule has 5 nitrogen and oxygen atoms in total. The third-order valence-electron chi connectivity index (χ3n) is 5.08. The van der Waals surface area contributed by atoms with Gasteiger partial charge in [-0.1, -0.05) is 44.7 Å². The third kappa shape index (κ3) is 7.79. The van der Waals surface area contributed by atoms with E-state index in [4.69, 9.17) is 9.47 Å². The van der Waals surface area contributed by atoms with Crippen LogP contribution in [0.2, 0.25) is 0 Å². The molecule has 152 valence electrons. The molecule has 0 heterocycles. The number of nitrogens with zero attached hydrogens (tertiary/aromatic N) is 1. The van der Waals surface area contributed by atoms with Gasteiger partial charge in [0.2, 0.25) is 0 Å². The van der Waals surface area contributed by atoms with Gasteiger partial charge < -0.3 is 14.4 Å². The Morgan fingerprint density at radius 2 is 1.93 bits per heavy atom. The van der Waals surface area contributed by atoms with Crippen LogP contribution in [0.5, 0.6) is 5.75 Å². The van der Waals surface area contributed by atoms with Crippen LogP contribution in [0, 0.1) is 5.92 Å². The Hall–Kier alpha value is -1.75. The third-order valence-corrected chi connectivity index (χ3v) is 5.08. The van der Waals surface area contributed by atoms with Crippen LogP contribution in [0.25, 0.3) is 0 Å². The number of anilines is 1. The number of amides is 1. The fourth-order valence-electron chi connectivity index (χ4n) is 3.69. The monoisotopic (exact) mass is 376 g/mol. The lowest BCUT2D eigenvalue weighted by Crippen LogP contribution is -2.34. The SMILES string of the molecule is CCCCCOc1ccccc1NC(=O)O[C@H]1CCCCC[C@@H]1CN(C)C. The lowest BCUT2D eigenvalue weighted by atomic mass is 9.97. The Morgan fingerprint density at radius 1 is 1.15 bits per heavy atom. The van der Waals surface area contributed by atoms with Crippen molar-refractivity contribution in [3.05, 3.63) is 24.3 Å². The van der Waals surface area contributed by atoms with E-state index in [2.05, 4.69) is 31.2 Å². The minimum absolute atomic E-state index is 0.0208. The van der Waals surface area contributed by atoms with Gasteiger partial charge in [0.1, 0.15) is 11.9 Å². The molecule has 2 rings (SSSR count). The molecule has 1 aromatic carbocycles. The highest BCUT2D eigenvalue weighted by molar-refractivity contribution is 5.86. The zero-order chi connectivity index (χ0) is 19.5. The van der Waals surface area contributed by atoms with Crippen molar-refractivity contribution in [3.8, 4) is 5.75 Å². The van der Waals surface area contributed by atoms with Crippen molar-refractivity contribution in [1.29, 1.82) is 0 Å². The molecule has 2 atom stereocenters. The van der Waals surface area contributed by atoms with Gasteiger partial charge in [-0.15, -0.1) is 0 Å². The van der Waals surface area contributed by atoms with E-state index in [9.17, 15) is 4.79 Å². The number of carbonyl (C=O) groups excluding carboxylic acids is 1. The summed E-state index contributed by atoms with van der Waals surface area (Å²) in [5.74, 6) is 1.10. The summed E-state index contributed by atoms with van der Waals surface area (Å²) in [5.41, 5.74) is 0.678. The zero-order valence-electron chi connectivity index (χ0n) is 17.2. The number of carbonyl (C=O) groups is 1. The normalized spacial score (nSPS) is 20.1. The molecular formula is C22H36N2O3. The number of rotatable bonds is 9. The molecule has 1 fully saturated rings. The van der Waals surface area contributed by atoms with Gasteiger partial charge in [-0.25, -0.2) is 4.79 Å². The van der Waals surface area contributed by atoms with E-state index in [1.165, 1.54) is 12.8 Å². The maximum absolute atomic E-state index is 12.6. The summed E-state index contributed by atoms with van der Waals surface area (Å²) in [6.45, 7) is 3.78. The van der Waals surface area contributed by atoms with Crippen molar-refractivity contribution in [2.75, 3.05) is 32.6 Å². The van der Waals surface area contributed by atoms with E-state index in [0.29, 0.717) is 24.0 Å². The molecule has 27 heavy (non-hydrogen) atoms. The Kier molecular flexibility index (Phi) is 9.46. The van der Waals surface area contributed by atoms with Gasteiger partial charge in [0, 0.05) is 12.5 Å². The van der Waals surface area contributed by atoms with Crippen molar-refractivity contribution in [2.24, 2.45) is 5.92 Å². The van der Waals surface area contributed by atoms with E-state index in [1.54, 1.807) is 0 Å². The largest absolute Gasteiger partial charge is 0.491 e. The molecule has 0 radical (unpaired) electrons. The Balaban J connectivity index is 1.93. The first-order valence-corrected chi connectivity index (χ1v) is 10.4. The van der Waals surface area contributed by atoms with Crippen molar-refractivity contribution in [1.82, 2.24) is 4.90 Å². The highest BCUT2D eigenvalue weighted by Gasteiger charge is 2.27. The highest BCUT2D eigenvalue weighted by Crippen LogP contribution is 2.28. The van der Waals surface area contributed by atoms with E-state index < -0.39 is 0 Å². The van der Waals surface area contributed by atoms with E-state index in [0.717, 1.165) is 45.1 Å². The summed E-state index contributed by atoms with van der Waals surface area (Å²) < 4.78 is 11.7. The lowest BCUT2D eigenvalue weighted by molar-refractivity contribution is 0.0569. The van der Waals surface area contributed by atoms with Gasteiger partial charge in [-0.2, -0.15) is 0 Å². The minimum Gasteiger partial charge on any atom is -0.491 e. The maximum Gasteiger partial charge on any atom is 0.412 e. The minimum atomic E-state index is -0.379. The second kappa shape index (κ2) is 11.9. The molecule has 0 aliphatic heterocycles. The molecule has 1 aliphatic rings. The summed E-state index contributed by atoms with van der Waals surface area (Å²) in [5, 5.41) is 2.89. The maximum atomic E-state index is 12.6. The second-order valence-electron chi connectivity index (χ2n) is 7.78. The van der Waals surface area contributed by atoms with Crippen LogP contribution < -0.4 is 10.1 Å². The summed E-state index contributed by atoms with van der Waals surface area (Å²) in [7, 11) is 4.16. The standard InChI is InChI=1S/C22H36N2O3/c1-4-5-11-16-26-21-15-10-9-13-19(21)23-22(25)27-20-14-8-6-7-12-18(20)17-24(2)3/h9-10,13,15,18,20H,4-8,11-12,14,16-17H2,1-3H3,(H,23,25)/t18-,20+/m1/s1. The van der Waals surface area contributed by atoms with E-state index in [-0.39, 0.29) is 12.2 Å². The van der Waals surface area contributed by atoms with Gasteiger partial charge in [0.25, 0.3) is 0 Å². The molecule has 0 unspecified atom stereocenters. The van der Waals surface area contributed by atoms with Gasteiger partial charge in [0.05, 0.1) is 12.3 Å². The van der Waals surface area contributed by atoms with Crippen LogP contribution in [0.1, 0.15) is 58.3 Å². The molecule has 1 aliphatic carbocycles. The smallest absolute Gasteiger partial charge is 0.412 e. The number of nitrogens with one attached hydrogen (secondary N) is 1. The van der Waals surface area contributed by atoms with Crippen LogP contribution in [-0.4, -0.2) is 44.3 Å². The quantitative estimate of drug-likeness (QED) is 0.468. The molecule has 1 saturated carbocycles. The van der Waals surface area contributed by atoms with Crippen molar-refractivity contribution < 1.29 is 14.3 Å². The fraction of sp³-hybridized carbons (Fsp3) is 0.682. The predicted molar refractivity (Wildman–Crippen MR) is 110 cm³/mol. The molecule has 1 N–H and O–H groups in total. The average Bonchev–Trinajstić information content (AvgIpc) is 2.85. The van der Waals surface area contributed by atoms with Crippen LogP contribution in [0.15, 0.2) is 24.3 Å². The average molecular weight is 377 g/mol. The molecule has 5 heteroatoms. The van der Waals surface area contributed by atoms with Crippen molar-refractivity contribution in [3.63, 3.8) is 0 Å². The van der Waals surface area contributed by atoms with Crippen LogP contribution in [0.4, 0.5) is 10.5 Å². The number of benzene rings is 1. The molecule has 0 bridgehead atoms. The Bertz CT molecular complexity index is 562. The summed E-state index contributed by atoms with van der Waals surface area (Å²) in [6, 6.07) is 7.57. The predicted octanol–water partition coefficient (Wildman–Crippen LogP) is 5.31. The first kappa shape index (κ1) is 21.5. The Morgan fingerprint density at radius 3 is 2.70 bits per heavy atom. The molecule has 0 aromatic heterocycles. The molecule has 1 amide bonds. The zero-order valence-corrected chi connectivity index (χ0v) is 17.2. The topological polar surface area (TPSA) is 50.8 Å². The first-order valence-electron chi connectivity index (χ1n) is 10.4. The molecule has 0 spiro atoms. The first-order chi connectivity index (χ1) is 13.1. The van der Waals surface area contributed by atoms with Crippen molar-refractivity contribution in [2.45, 2.75) is 64.4 Å². The number of hydrogen-bond acceptors (Lipinski definition) is 4. The lowest BCUT2D eigenvalue weighted by Gasteiger charge is -2.27. The molecule has 0 saturated heterocycles. The van der Waals surface area contributed by atoms with Gasteiger partial charge in [0.15, 0.2) is 0 Å². The van der Waals surface area contributed by atoms with Crippen LogP contribution in [-0.2, 0) is 4.74 Å². The van der Waals surface area contributed by atoms with Gasteiger partial charge >= 0.3 is 6.09 Å². The van der Waals surface area contributed by atoms with E-state index in [1.807, 2.05) is 24.3 Å². The van der Waals surface area contributed by atoms with Crippen molar-refractivity contribution >= 4 is 11.8 Å².